The van der Waals surface area contributed by atoms with Crippen LogP contribution in [0.25, 0.3) is 0 Å². The fraction of sp³-hybridized carbons (Fsp3) is 0.333. The Hall–Kier alpha value is -1.81. The standard InChI is InChI=1S/C21H22N2O2.ClH.Cu/c1-21(2,19-22-17(13-24-19)15-9-5-3-6-10-15)20-23-18(14-25-20)16-11-7-4-8-12-16;;/h3-12,17-18H,13-14H2,1-2H3;1H;/q;;+1/p-1/t17-,18-;;/m0../s1. The van der Waals surface area contributed by atoms with Crippen LogP contribution in [0.5, 0.6) is 0 Å². The molecule has 0 aromatic heterocycles. The first kappa shape index (κ1) is 19.9. The molecule has 0 bridgehead atoms. The summed E-state index contributed by atoms with van der Waals surface area (Å²) in [5.41, 5.74) is 1.88. The van der Waals surface area contributed by atoms with Crippen molar-refractivity contribution in [3.05, 3.63) is 71.8 Å². The molecule has 2 aliphatic rings. The Kier molecular flexibility index (Phi) is 6.59. The zero-order valence-corrected chi connectivity index (χ0v) is 16.9. The van der Waals surface area contributed by atoms with Crippen molar-refractivity contribution in [3.63, 3.8) is 0 Å². The molecule has 4 rings (SSSR count). The molecule has 2 heterocycles. The molecule has 2 aliphatic heterocycles. The molecule has 0 aliphatic carbocycles. The molecule has 27 heavy (non-hydrogen) atoms. The summed E-state index contributed by atoms with van der Waals surface area (Å²) in [6.45, 7) is 5.26. The van der Waals surface area contributed by atoms with Crippen LogP contribution in [0, 0.1) is 5.41 Å². The SMILES string of the molecule is CC(C)(C1=N[C@H](c2ccccc2)CO1)C1=N[C@H](c2ccccc2)CO1.[Cl][Cu]. The van der Waals surface area contributed by atoms with E-state index < -0.39 is 5.41 Å². The summed E-state index contributed by atoms with van der Waals surface area (Å²) < 4.78 is 11.9. The van der Waals surface area contributed by atoms with Crippen LogP contribution in [0.15, 0.2) is 70.6 Å². The van der Waals surface area contributed by atoms with Gasteiger partial charge in [-0.1, -0.05) is 60.7 Å². The molecule has 6 heteroatoms. The summed E-state index contributed by atoms with van der Waals surface area (Å²) in [6, 6.07) is 20.6. The number of hydrogen-bond donors (Lipinski definition) is 0. The fourth-order valence-corrected chi connectivity index (χ4v) is 3.21. The van der Waals surface area contributed by atoms with E-state index in [0.29, 0.717) is 25.0 Å². The summed E-state index contributed by atoms with van der Waals surface area (Å²) in [7, 11) is 4.20. The predicted octanol–water partition coefficient (Wildman–Crippen LogP) is 5.04. The van der Waals surface area contributed by atoms with E-state index in [1.165, 1.54) is 11.1 Å². The molecule has 2 atom stereocenters. The zero-order valence-electron chi connectivity index (χ0n) is 15.2. The molecule has 0 unspecified atom stereocenters. The van der Waals surface area contributed by atoms with Gasteiger partial charge >= 0.3 is 25.2 Å². The van der Waals surface area contributed by atoms with Crippen LogP contribution >= 0.6 is 10.1 Å². The minimum absolute atomic E-state index is 0.0439. The van der Waals surface area contributed by atoms with Crippen molar-refractivity contribution in [1.82, 2.24) is 0 Å². The maximum absolute atomic E-state index is 5.93. The summed E-state index contributed by atoms with van der Waals surface area (Å²) in [6.07, 6.45) is 0. The van der Waals surface area contributed by atoms with Gasteiger partial charge in [0.1, 0.15) is 30.7 Å². The van der Waals surface area contributed by atoms with Gasteiger partial charge in [-0.2, -0.15) is 0 Å². The Morgan fingerprint density at radius 1 is 0.778 bits per heavy atom. The van der Waals surface area contributed by atoms with E-state index in [9.17, 15) is 0 Å². The molecule has 0 saturated carbocycles. The molecule has 0 amide bonds. The monoisotopic (exact) mass is 432 g/mol. The van der Waals surface area contributed by atoms with Crippen LogP contribution in [0.1, 0.15) is 37.1 Å². The Morgan fingerprint density at radius 3 is 1.52 bits per heavy atom. The molecule has 0 N–H and O–H groups in total. The average molecular weight is 433 g/mol. The van der Waals surface area contributed by atoms with E-state index in [1.54, 1.807) is 0 Å². The molecule has 2 aromatic rings. The van der Waals surface area contributed by atoms with Gasteiger partial charge in [-0.3, -0.25) is 0 Å². The number of hydrogen-bond acceptors (Lipinski definition) is 4. The van der Waals surface area contributed by atoms with Crippen molar-refractivity contribution in [1.29, 1.82) is 0 Å². The van der Waals surface area contributed by atoms with Gasteiger partial charge < -0.3 is 9.47 Å². The zero-order chi connectivity index (χ0) is 19.3. The van der Waals surface area contributed by atoms with Crippen LogP contribution in [-0.2, 0) is 24.6 Å². The normalized spacial score (nSPS) is 21.4. The van der Waals surface area contributed by atoms with Crippen LogP contribution in [0.4, 0.5) is 0 Å². The molecule has 0 spiro atoms. The van der Waals surface area contributed by atoms with Gasteiger partial charge in [0.05, 0.1) is 0 Å². The van der Waals surface area contributed by atoms with Gasteiger partial charge in [-0.25, -0.2) is 9.98 Å². The second-order valence-electron chi connectivity index (χ2n) is 6.97. The number of benzene rings is 2. The Morgan fingerprint density at radius 2 is 1.15 bits per heavy atom. The van der Waals surface area contributed by atoms with Gasteiger partial charge in [0.2, 0.25) is 0 Å². The van der Waals surface area contributed by atoms with Crippen molar-refractivity contribution < 1.29 is 24.6 Å². The predicted molar refractivity (Wildman–Crippen MR) is 105 cm³/mol. The van der Waals surface area contributed by atoms with Crippen molar-refractivity contribution in [2.24, 2.45) is 15.4 Å². The quantitative estimate of drug-likeness (QED) is 0.634. The minimum atomic E-state index is -0.465. The van der Waals surface area contributed by atoms with Crippen LogP contribution < -0.4 is 0 Å². The van der Waals surface area contributed by atoms with Gasteiger partial charge in [0, 0.05) is 0 Å². The second kappa shape index (κ2) is 8.92. The average Bonchev–Trinajstić information content (AvgIpc) is 3.42. The molecule has 4 nitrogen and oxygen atoms in total. The van der Waals surface area contributed by atoms with E-state index in [-0.39, 0.29) is 12.1 Å². The van der Waals surface area contributed by atoms with Crippen molar-refractivity contribution in [2.75, 3.05) is 13.2 Å². The Balaban J connectivity index is 0.00000102. The molecular formula is C21H22ClCuN2O2. The molecule has 146 valence electrons. The Bertz CT molecular complexity index is 742. The first-order valence-corrected chi connectivity index (χ1v) is 10.1. The topological polar surface area (TPSA) is 43.2 Å². The summed E-state index contributed by atoms with van der Waals surface area (Å²) in [5, 5.41) is 0. The van der Waals surface area contributed by atoms with Gasteiger partial charge in [-0.05, 0) is 25.0 Å². The molecule has 0 radical (unpaired) electrons. The number of aliphatic imine (C=N–C) groups is 2. The third-order valence-electron chi connectivity index (χ3n) is 4.74. The third-order valence-corrected chi connectivity index (χ3v) is 4.74. The molecule has 0 saturated heterocycles. The Labute approximate surface area is 172 Å². The second-order valence-corrected chi connectivity index (χ2v) is 6.97. The molecular weight excluding hydrogens is 411 g/mol. The van der Waals surface area contributed by atoms with Gasteiger partial charge in [-0.15, -0.1) is 0 Å². The summed E-state index contributed by atoms with van der Waals surface area (Å²) in [5.74, 6) is 1.41. The van der Waals surface area contributed by atoms with Gasteiger partial charge in [0.15, 0.2) is 11.8 Å². The maximum atomic E-state index is 5.93. The van der Waals surface area contributed by atoms with Gasteiger partial charge in [0.25, 0.3) is 0 Å². The van der Waals surface area contributed by atoms with Crippen LogP contribution in [-0.4, -0.2) is 25.0 Å². The van der Waals surface area contributed by atoms with Crippen molar-refractivity contribution >= 4 is 21.9 Å². The summed E-state index contributed by atoms with van der Waals surface area (Å²) in [4.78, 5) is 9.61. The van der Waals surface area contributed by atoms with E-state index in [2.05, 4.69) is 63.3 Å². The van der Waals surface area contributed by atoms with Crippen LogP contribution in [0.2, 0.25) is 0 Å². The first-order chi connectivity index (χ1) is 13.1. The van der Waals surface area contributed by atoms with Crippen LogP contribution in [0.3, 0.4) is 0 Å². The fourth-order valence-electron chi connectivity index (χ4n) is 3.21. The van der Waals surface area contributed by atoms with Crippen molar-refractivity contribution in [3.8, 4) is 0 Å². The van der Waals surface area contributed by atoms with E-state index in [4.69, 9.17) is 19.5 Å². The van der Waals surface area contributed by atoms with E-state index >= 15 is 0 Å². The number of nitrogens with zero attached hydrogens (tertiary/aromatic N) is 2. The van der Waals surface area contributed by atoms with Crippen molar-refractivity contribution in [2.45, 2.75) is 25.9 Å². The number of rotatable bonds is 4. The number of ether oxygens (including phenoxy) is 2. The number of halogens is 1. The molecule has 2 aromatic carbocycles. The summed E-state index contributed by atoms with van der Waals surface area (Å²) >= 11 is 3.66. The van der Waals surface area contributed by atoms with E-state index in [1.807, 2.05) is 36.4 Å². The molecule has 0 fully saturated rings. The first-order valence-electron chi connectivity index (χ1n) is 8.78. The van der Waals surface area contributed by atoms with E-state index in [0.717, 1.165) is 0 Å². The third kappa shape index (κ3) is 4.37.